The molecule has 3 aliphatic carbocycles. The van der Waals surface area contributed by atoms with Crippen molar-refractivity contribution in [1.29, 1.82) is 0 Å². The standard InChI is InChI=1S/C23H28BNO5/c1-13(26)21(27)25-20(9-14-12-28-17-8-6-5-7-16(14)17)24-29-19-11-15-10-18(22(15,2)3)23(19,4)30-24/h5-8,12,15,18-20H,9-11H2,1-4H3,(H,25,27)/t15-,18-,19+,20-,23-/m0/s1. The van der Waals surface area contributed by atoms with Crippen LogP contribution >= 0.6 is 0 Å². The monoisotopic (exact) mass is 409 g/mol. The summed E-state index contributed by atoms with van der Waals surface area (Å²) < 4.78 is 18.6. The summed E-state index contributed by atoms with van der Waals surface area (Å²) >= 11 is 0. The summed E-state index contributed by atoms with van der Waals surface area (Å²) in [6.07, 6.45) is 4.31. The molecule has 0 spiro atoms. The number of ketones is 1. The second-order valence-corrected chi connectivity index (χ2v) is 9.93. The molecular weight excluding hydrogens is 381 g/mol. The molecule has 1 aromatic heterocycles. The van der Waals surface area contributed by atoms with Crippen molar-refractivity contribution in [3.63, 3.8) is 0 Å². The molecule has 5 atom stereocenters. The summed E-state index contributed by atoms with van der Waals surface area (Å²) in [4.78, 5) is 23.9. The summed E-state index contributed by atoms with van der Waals surface area (Å²) in [7, 11) is -0.605. The average Bonchev–Trinajstić information content (AvgIpc) is 3.27. The fraction of sp³-hybridized carbons (Fsp3) is 0.565. The molecule has 2 bridgehead atoms. The van der Waals surface area contributed by atoms with E-state index in [2.05, 4.69) is 26.1 Å². The number of para-hydroxylation sites is 1. The molecule has 3 saturated carbocycles. The van der Waals surface area contributed by atoms with Crippen molar-refractivity contribution >= 4 is 29.8 Å². The number of Topliss-reactive ketones (excluding diaryl/α,β-unsaturated/α-hetero) is 1. The number of furan rings is 1. The Labute approximate surface area is 176 Å². The maximum Gasteiger partial charge on any atom is 0.482 e. The lowest BCUT2D eigenvalue weighted by Gasteiger charge is -2.64. The van der Waals surface area contributed by atoms with Crippen molar-refractivity contribution in [1.82, 2.24) is 5.32 Å². The van der Waals surface area contributed by atoms with Gasteiger partial charge in [0.25, 0.3) is 5.91 Å². The number of carbonyl (C=O) groups excluding carboxylic acids is 2. The van der Waals surface area contributed by atoms with E-state index < -0.39 is 24.8 Å². The maximum absolute atomic E-state index is 12.3. The number of hydrogen-bond acceptors (Lipinski definition) is 5. The normalized spacial score (nSPS) is 32.4. The van der Waals surface area contributed by atoms with Crippen molar-refractivity contribution in [2.75, 3.05) is 0 Å². The van der Waals surface area contributed by atoms with Crippen molar-refractivity contribution < 1.29 is 23.3 Å². The van der Waals surface area contributed by atoms with Crippen LogP contribution in [-0.2, 0) is 25.3 Å². The minimum Gasteiger partial charge on any atom is -0.464 e. The molecule has 6 nitrogen and oxygen atoms in total. The van der Waals surface area contributed by atoms with Gasteiger partial charge in [-0.05, 0) is 55.1 Å². The highest BCUT2D eigenvalue weighted by atomic mass is 16.7. The third kappa shape index (κ3) is 2.86. The SMILES string of the molecule is CC(=O)C(=O)N[C@@H](Cc1coc2ccccc12)B1O[C@@H]2C[C@@H]3C[C@@H](C3(C)C)[C@]2(C)O1. The molecular formula is C23H28BNO5. The van der Waals surface area contributed by atoms with Crippen LogP contribution in [0, 0.1) is 17.3 Å². The van der Waals surface area contributed by atoms with Gasteiger partial charge in [-0.1, -0.05) is 32.0 Å². The van der Waals surface area contributed by atoms with Crippen LogP contribution in [0.25, 0.3) is 11.0 Å². The van der Waals surface area contributed by atoms with Crippen molar-refractivity contribution in [3.8, 4) is 0 Å². The summed E-state index contributed by atoms with van der Waals surface area (Å²) in [5.74, 6) is -0.555. The first-order valence-electron chi connectivity index (χ1n) is 10.8. The molecule has 1 N–H and O–H groups in total. The second kappa shape index (κ2) is 6.69. The van der Waals surface area contributed by atoms with Gasteiger partial charge in [0, 0.05) is 12.3 Å². The Hall–Kier alpha value is -2.12. The highest BCUT2D eigenvalue weighted by molar-refractivity contribution is 6.49. The van der Waals surface area contributed by atoms with E-state index in [0.717, 1.165) is 29.4 Å². The van der Waals surface area contributed by atoms with E-state index in [0.29, 0.717) is 18.3 Å². The zero-order valence-electron chi connectivity index (χ0n) is 17.9. The number of fused-ring (bicyclic) bond motifs is 1. The minimum atomic E-state index is -0.621. The van der Waals surface area contributed by atoms with Gasteiger partial charge in [0.15, 0.2) is 0 Å². The molecule has 1 saturated heterocycles. The lowest BCUT2D eigenvalue weighted by atomic mass is 9.43. The summed E-state index contributed by atoms with van der Waals surface area (Å²) in [6, 6.07) is 7.79. The largest absolute Gasteiger partial charge is 0.482 e. The Kier molecular flexibility index (Phi) is 4.42. The third-order valence-corrected chi connectivity index (χ3v) is 7.93. The van der Waals surface area contributed by atoms with E-state index in [1.165, 1.54) is 6.92 Å². The van der Waals surface area contributed by atoms with Crippen LogP contribution in [-0.4, -0.2) is 36.5 Å². The van der Waals surface area contributed by atoms with Crippen LogP contribution < -0.4 is 5.32 Å². The van der Waals surface area contributed by atoms with E-state index in [4.69, 9.17) is 13.7 Å². The first kappa shape index (κ1) is 19.8. The number of amides is 1. The van der Waals surface area contributed by atoms with E-state index in [9.17, 15) is 9.59 Å². The van der Waals surface area contributed by atoms with Crippen molar-refractivity contribution in [3.05, 3.63) is 36.1 Å². The lowest BCUT2D eigenvalue weighted by Crippen LogP contribution is -2.65. The highest BCUT2D eigenvalue weighted by Crippen LogP contribution is 2.65. The molecule has 0 unspecified atom stereocenters. The Bertz CT molecular complexity index is 1020. The Morgan fingerprint density at radius 2 is 2.00 bits per heavy atom. The number of benzene rings is 1. The molecule has 1 amide bonds. The van der Waals surface area contributed by atoms with Crippen molar-refractivity contribution in [2.45, 2.75) is 64.6 Å². The predicted octanol–water partition coefficient (Wildman–Crippen LogP) is 3.32. The van der Waals surface area contributed by atoms with E-state index >= 15 is 0 Å². The van der Waals surface area contributed by atoms with Crippen LogP contribution in [0.4, 0.5) is 0 Å². The Morgan fingerprint density at radius 1 is 1.23 bits per heavy atom. The zero-order valence-corrected chi connectivity index (χ0v) is 17.9. The fourth-order valence-electron chi connectivity index (χ4n) is 5.98. The topological polar surface area (TPSA) is 77.8 Å². The minimum absolute atomic E-state index is 0.0112. The quantitative estimate of drug-likeness (QED) is 0.606. The molecule has 0 radical (unpaired) electrons. The molecule has 2 heterocycles. The predicted molar refractivity (Wildman–Crippen MR) is 113 cm³/mol. The van der Waals surface area contributed by atoms with Crippen LogP contribution in [0.2, 0.25) is 0 Å². The molecule has 1 aromatic carbocycles. The summed E-state index contributed by atoms with van der Waals surface area (Å²) in [5, 5.41) is 3.85. The van der Waals surface area contributed by atoms with Crippen LogP contribution in [0.1, 0.15) is 46.1 Å². The van der Waals surface area contributed by atoms with E-state index in [1.54, 1.807) is 6.26 Å². The van der Waals surface area contributed by atoms with Gasteiger partial charge in [0.1, 0.15) is 5.58 Å². The van der Waals surface area contributed by atoms with Gasteiger partial charge >= 0.3 is 7.12 Å². The van der Waals surface area contributed by atoms with Crippen molar-refractivity contribution in [2.24, 2.45) is 17.3 Å². The maximum atomic E-state index is 12.3. The molecule has 30 heavy (non-hydrogen) atoms. The van der Waals surface area contributed by atoms with Crippen LogP contribution in [0.5, 0.6) is 0 Å². The molecule has 1 aliphatic heterocycles. The number of hydrogen-bond donors (Lipinski definition) is 1. The van der Waals surface area contributed by atoms with Crippen LogP contribution in [0.15, 0.2) is 34.9 Å². The molecule has 158 valence electrons. The first-order chi connectivity index (χ1) is 14.2. The van der Waals surface area contributed by atoms with Gasteiger partial charge < -0.3 is 19.0 Å². The molecule has 4 aliphatic rings. The molecule has 4 fully saturated rings. The van der Waals surface area contributed by atoms with E-state index in [1.807, 2.05) is 24.3 Å². The van der Waals surface area contributed by atoms with Gasteiger partial charge in [-0.2, -0.15) is 0 Å². The average molecular weight is 409 g/mol. The third-order valence-electron chi connectivity index (χ3n) is 7.93. The van der Waals surface area contributed by atoms with Gasteiger partial charge in [0.05, 0.1) is 23.9 Å². The van der Waals surface area contributed by atoms with Gasteiger partial charge in [-0.25, -0.2) is 0 Å². The van der Waals surface area contributed by atoms with Gasteiger partial charge in [0.2, 0.25) is 5.78 Å². The number of rotatable bonds is 5. The lowest BCUT2D eigenvalue weighted by molar-refractivity contribution is -0.199. The summed E-state index contributed by atoms with van der Waals surface area (Å²) in [6.45, 7) is 8.05. The Balaban J connectivity index is 1.43. The van der Waals surface area contributed by atoms with E-state index in [-0.39, 0.29) is 17.1 Å². The Morgan fingerprint density at radius 3 is 2.73 bits per heavy atom. The second-order valence-electron chi connectivity index (χ2n) is 9.93. The number of nitrogens with one attached hydrogen (secondary N) is 1. The van der Waals surface area contributed by atoms with Gasteiger partial charge in [-0.15, -0.1) is 0 Å². The molecule has 7 heteroatoms. The zero-order chi connectivity index (χ0) is 21.3. The van der Waals surface area contributed by atoms with Crippen LogP contribution in [0.3, 0.4) is 0 Å². The fourth-order valence-corrected chi connectivity index (χ4v) is 5.98. The first-order valence-corrected chi connectivity index (χ1v) is 10.8. The highest BCUT2D eigenvalue weighted by Gasteiger charge is 2.68. The smallest absolute Gasteiger partial charge is 0.464 e. The summed E-state index contributed by atoms with van der Waals surface area (Å²) in [5.41, 5.74) is 1.61. The molecule has 2 aromatic rings. The number of carbonyl (C=O) groups is 2. The van der Waals surface area contributed by atoms with Gasteiger partial charge in [-0.3, -0.25) is 9.59 Å². The molecule has 6 rings (SSSR count).